The largest absolute Gasteiger partial charge is 0.366 e. The summed E-state index contributed by atoms with van der Waals surface area (Å²) in [4.78, 5) is 10.9. The van der Waals surface area contributed by atoms with Crippen molar-refractivity contribution in [2.45, 2.75) is 0 Å². The Balaban J connectivity index is 2.46. The number of nitrogens with two attached hydrogens (primary N) is 1. The molecule has 0 bridgehead atoms. The summed E-state index contributed by atoms with van der Waals surface area (Å²) in [7, 11) is 0. The molecule has 1 aromatic heterocycles. The maximum Gasteiger partial charge on any atom is 0.248 e. The van der Waals surface area contributed by atoms with Crippen LogP contribution >= 0.6 is 0 Å². The number of nitrogens with zero attached hydrogens (tertiary/aromatic N) is 2. The molecule has 1 aromatic carbocycles. The van der Waals surface area contributed by atoms with Crippen molar-refractivity contribution in [3.05, 3.63) is 36.0 Å². The molecule has 3 N–H and O–H groups in total. The number of amides is 1. The SMILES string of the molecule is NC(=O)c1cccc(-c2cn[nH]n2)c1. The first-order valence-electron chi connectivity index (χ1n) is 4.03. The molecular weight excluding hydrogens is 180 g/mol. The minimum absolute atomic E-state index is 0.449. The second-order valence-electron chi connectivity index (χ2n) is 2.80. The molecule has 70 valence electrons. The van der Waals surface area contributed by atoms with Crippen molar-refractivity contribution in [2.75, 3.05) is 0 Å². The third-order valence-electron chi connectivity index (χ3n) is 1.86. The molecule has 5 nitrogen and oxygen atoms in total. The Morgan fingerprint density at radius 1 is 1.43 bits per heavy atom. The molecule has 5 heteroatoms. The van der Waals surface area contributed by atoms with Crippen molar-refractivity contribution < 1.29 is 4.79 Å². The number of primary amides is 1. The second-order valence-corrected chi connectivity index (χ2v) is 2.80. The number of nitrogens with one attached hydrogen (secondary N) is 1. The Bertz CT molecular complexity index is 450. The quantitative estimate of drug-likeness (QED) is 0.722. The average molecular weight is 188 g/mol. The summed E-state index contributed by atoms with van der Waals surface area (Å²) in [5.41, 5.74) is 7.12. The van der Waals surface area contributed by atoms with Gasteiger partial charge in [0.1, 0.15) is 5.69 Å². The predicted octanol–water partition coefficient (Wildman–Crippen LogP) is 0.571. The molecule has 0 saturated heterocycles. The van der Waals surface area contributed by atoms with Crippen LogP contribution in [0.3, 0.4) is 0 Å². The van der Waals surface area contributed by atoms with E-state index >= 15 is 0 Å². The van der Waals surface area contributed by atoms with Gasteiger partial charge in [-0.3, -0.25) is 4.79 Å². The standard InChI is InChI=1S/C9H8N4O/c10-9(14)7-3-1-2-6(4-7)8-5-11-13-12-8/h1-5H,(H2,10,14)(H,11,12,13). The van der Waals surface area contributed by atoms with Gasteiger partial charge in [0.25, 0.3) is 0 Å². The molecule has 0 unspecified atom stereocenters. The van der Waals surface area contributed by atoms with Crippen molar-refractivity contribution in [1.29, 1.82) is 0 Å². The van der Waals surface area contributed by atoms with E-state index in [9.17, 15) is 4.79 Å². The summed E-state index contributed by atoms with van der Waals surface area (Å²) in [6.07, 6.45) is 1.58. The normalized spacial score (nSPS) is 10.0. The Labute approximate surface area is 79.9 Å². The molecule has 0 atom stereocenters. The van der Waals surface area contributed by atoms with Crippen LogP contribution in [0, 0.1) is 0 Å². The highest BCUT2D eigenvalue weighted by molar-refractivity contribution is 5.93. The van der Waals surface area contributed by atoms with Crippen molar-refractivity contribution in [2.24, 2.45) is 5.73 Å². The Morgan fingerprint density at radius 3 is 2.93 bits per heavy atom. The van der Waals surface area contributed by atoms with Gasteiger partial charge in [-0.1, -0.05) is 12.1 Å². The first-order chi connectivity index (χ1) is 6.77. The van der Waals surface area contributed by atoms with E-state index in [1.54, 1.807) is 24.4 Å². The molecule has 1 heterocycles. The number of carbonyl (C=O) groups excluding carboxylic acids is 1. The van der Waals surface area contributed by atoms with E-state index in [-0.39, 0.29) is 0 Å². The molecule has 0 aliphatic carbocycles. The van der Waals surface area contributed by atoms with Gasteiger partial charge in [0.15, 0.2) is 0 Å². The number of rotatable bonds is 2. The molecule has 0 fully saturated rings. The topological polar surface area (TPSA) is 84.7 Å². The summed E-state index contributed by atoms with van der Waals surface area (Å²) in [5, 5.41) is 10.1. The van der Waals surface area contributed by atoms with Gasteiger partial charge in [0, 0.05) is 11.1 Å². The number of aromatic amines is 1. The Morgan fingerprint density at radius 2 is 2.29 bits per heavy atom. The van der Waals surface area contributed by atoms with E-state index in [1.165, 1.54) is 0 Å². The molecule has 0 radical (unpaired) electrons. The van der Waals surface area contributed by atoms with Crippen molar-refractivity contribution in [1.82, 2.24) is 15.4 Å². The molecular formula is C9H8N4O. The van der Waals surface area contributed by atoms with Crippen LogP contribution in [0.2, 0.25) is 0 Å². The molecule has 14 heavy (non-hydrogen) atoms. The lowest BCUT2D eigenvalue weighted by molar-refractivity contribution is 0.100. The number of carbonyl (C=O) groups is 1. The van der Waals surface area contributed by atoms with Gasteiger partial charge in [-0.15, -0.1) is 0 Å². The van der Waals surface area contributed by atoms with Crippen molar-refractivity contribution >= 4 is 5.91 Å². The molecule has 0 saturated carbocycles. The molecule has 2 aromatic rings. The predicted molar refractivity (Wildman–Crippen MR) is 50.3 cm³/mol. The highest BCUT2D eigenvalue weighted by Gasteiger charge is 2.04. The molecule has 1 amide bonds. The number of H-pyrrole nitrogens is 1. The van der Waals surface area contributed by atoms with Crippen molar-refractivity contribution in [3.8, 4) is 11.3 Å². The molecule has 0 spiro atoms. The van der Waals surface area contributed by atoms with Crippen LogP contribution in [0.5, 0.6) is 0 Å². The van der Waals surface area contributed by atoms with Crippen LogP contribution in [0.4, 0.5) is 0 Å². The lowest BCUT2D eigenvalue weighted by Crippen LogP contribution is -2.10. The van der Waals surface area contributed by atoms with Gasteiger partial charge >= 0.3 is 0 Å². The van der Waals surface area contributed by atoms with Crippen molar-refractivity contribution in [3.63, 3.8) is 0 Å². The monoisotopic (exact) mass is 188 g/mol. The number of hydrogen-bond donors (Lipinski definition) is 2. The summed E-state index contributed by atoms with van der Waals surface area (Å²) in [5.74, 6) is -0.449. The second kappa shape index (κ2) is 3.29. The van der Waals surface area contributed by atoms with Crippen LogP contribution in [-0.4, -0.2) is 21.3 Å². The van der Waals surface area contributed by atoms with E-state index in [0.717, 1.165) is 5.56 Å². The maximum absolute atomic E-state index is 10.9. The third-order valence-corrected chi connectivity index (χ3v) is 1.86. The summed E-state index contributed by atoms with van der Waals surface area (Å²) < 4.78 is 0. The van der Waals surface area contributed by atoms with Crippen LogP contribution in [0.25, 0.3) is 11.3 Å². The molecule has 0 aliphatic rings. The van der Waals surface area contributed by atoms with Crippen LogP contribution in [0.15, 0.2) is 30.5 Å². The number of aromatic nitrogens is 3. The zero-order chi connectivity index (χ0) is 9.97. The fraction of sp³-hybridized carbons (Fsp3) is 0. The zero-order valence-electron chi connectivity index (χ0n) is 7.27. The van der Waals surface area contributed by atoms with Gasteiger partial charge in [-0.05, 0) is 12.1 Å². The number of hydrogen-bond acceptors (Lipinski definition) is 3. The van der Waals surface area contributed by atoms with Gasteiger partial charge < -0.3 is 5.73 Å². The van der Waals surface area contributed by atoms with E-state index in [4.69, 9.17) is 5.73 Å². The fourth-order valence-electron chi connectivity index (χ4n) is 1.17. The van der Waals surface area contributed by atoms with Crippen LogP contribution in [-0.2, 0) is 0 Å². The van der Waals surface area contributed by atoms with E-state index < -0.39 is 5.91 Å². The summed E-state index contributed by atoms with van der Waals surface area (Å²) in [6.45, 7) is 0. The fourth-order valence-corrected chi connectivity index (χ4v) is 1.17. The first kappa shape index (κ1) is 8.43. The third kappa shape index (κ3) is 1.47. The number of benzene rings is 1. The summed E-state index contributed by atoms with van der Waals surface area (Å²) >= 11 is 0. The van der Waals surface area contributed by atoms with Crippen LogP contribution < -0.4 is 5.73 Å². The average Bonchev–Trinajstić information content (AvgIpc) is 2.71. The zero-order valence-corrected chi connectivity index (χ0v) is 7.27. The minimum atomic E-state index is -0.449. The summed E-state index contributed by atoms with van der Waals surface area (Å²) in [6, 6.07) is 6.93. The van der Waals surface area contributed by atoms with E-state index in [1.807, 2.05) is 6.07 Å². The minimum Gasteiger partial charge on any atom is -0.366 e. The maximum atomic E-state index is 10.9. The van der Waals surface area contributed by atoms with Gasteiger partial charge in [0.2, 0.25) is 5.91 Å². The molecule has 2 rings (SSSR count). The molecule has 0 aliphatic heterocycles. The van der Waals surface area contributed by atoms with Gasteiger partial charge in [0.05, 0.1) is 6.20 Å². The highest BCUT2D eigenvalue weighted by Crippen LogP contribution is 2.16. The lowest BCUT2D eigenvalue weighted by Gasteiger charge is -1.98. The van der Waals surface area contributed by atoms with Gasteiger partial charge in [-0.25, -0.2) is 0 Å². The highest BCUT2D eigenvalue weighted by atomic mass is 16.1. The first-order valence-corrected chi connectivity index (χ1v) is 4.03. The van der Waals surface area contributed by atoms with Crippen LogP contribution in [0.1, 0.15) is 10.4 Å². The van der Waals surface area contributed by atoms with Gasteiger partial charge in [-0.2, -0.15) is 15.4 Å². The Hall–Kier alpha value is -2.17. The van der Waals surface area contributed by atoms with E-state index in [0.29, 0.717) is 11.3 Å². The Kier molecular flexibility index (Phi) is 1.98. The lowest BCUT2D eigenvalue weighted by atomic mass is 10.1. The smallest absolute Gasteiger partial charge is 0.248 e. The van der Waals surface area contributed by atoms with E-state index in [2.05, 4.69) is 15.4 Å².